The summed E-state index contributed by atoms with van der Waals surface area (Å²) in [5, 5.41) is 3.37. The number of nitrogens with zero attached hydrogens (tertiary/aromatic N) is 1. The van der Waals surface area contributed by atoms with Gasteiger partial charge in [-0.3, -0.25) is 4.90 Å². The van der Waals surface area contributed by atoms with Gasteiger partial charge in [0.2, 0.25) is 0 Å². The van der Waals surface area contributed by atoms with Gasteiger partial charge in [-0.15, -0.1) is 24.8 Å². The molecule has 1 heterocycles. The summed E-state index contributed by atoms with van der Waals surface area (Å²) in [6.45, 7) is 10.3. The lowest BCUT2D eigenvalue weighted by Crippen LogP contribution is -2.22. The number of nitrogens with one attached hydrogen (secondary N) is 1. The average Bonchev–Trinajstić information content (AvgIpc) is 2.60. The number of benzene rings is 1. The maximum Gasteiger partial charge on any atom is 0.123 e. The molecule has 0 aliphatic carbocycles. The highest BCUT2D eigenvalue weighted by atomic mass is 35.5. The lowest BCUT2D eigenvalue weighted by atomic mass is 10.1. The molecule has 2 rings (SSSR count). The van der Waals surface area contributed by atoms with Crippen LogP contribution in [0.5, 0.6) is 5.75 Å². The molecule has 3 nitrogen and oxygen atoms in total. The van der Waals surface area contributed by atoms with E-state index in [1.807, 2.05) is 0 Å². The van der Waals surface area contributed by atoms with Crippen LogP contribution in [0, 0.1) is 0 Å². The van der Waals surface area contributed by atoms with Crippen LogP contribution in [0.3, 0.4) is 0 Å². The average molecular weight is 307 g/mol. The molecule has 0 amide bonds. The fourth-order valence-corrected chi connectivity index (χ4v) is 2.17. The van der Waals surface area contributed by atoms with Crippen molar-refractivity contribution in [1.82, 2.24) is 10.2 Å². The molecule has 1 aromatic carbocycles. The Kier molecular flexibility index (Phi) is 9.19. The van der Waals surface area contributed by atoms with Crippen molar-refractivity contribution in [3.8, 4) is 5.75 Å². The van der Waals surface area contributed by atoms with Crippen LogP contribution in [0.25, 0.3) is 0 Å². The van der Waals surface area contributed by atoms with Crippen molar-refractivity contribution < 1.29 is 4.74 Å². The summed E-state index contributed by atoms with van der Waals surface area (Å²) < 4.78 is 5.68. The topological polar surface area (TPSA) is 24.5 Å². The van der Waals surface area contributed by atoms with Crippen molar-refractivity contribution in [3.05, 3.63) is 29.3 Å². The number of fused-ring (bicyclic) bond motifs is 1. The zero-order chi connectivity index (χ0) is 12.1. The predicted molar refractivity (Wildman–Crippen MR) is 84.8 cm³/mol. The third kappa shape index (κ3) is 5.19. The highest BCUT2D eigenvalue weighted by molar-refractivity contribution is 5.85. The Labute approximate surface area is 128 Å². The van der Waals surface area contributed by atoms with Crippen molar-refractivity contribution in [3.63, 3.8) is 0 Å². The van der Waals surface area contributed by atoms with E-state index in [1.54, 1.807) is 0 Å². The summed E-state index contributed by atoms with van der Waals surface area (Å²) in [6.07, 6.45) is 0. The smallest absolute Gasteiger partial charge is 0.123 e. The van der Waals surface area contributed by atoms with E-state index in [9.17, 15) is 0 Å². The van der Waals surface area contributed by atoms with Crippen LogP contribution < -0.4 is 10.1 Å². The molecule has 1 aromatic rings. The van der Waals surface area contributed by atoms with Crippen LogP contribution in [0.1, 0.15) is 25.0 Å². The highest BCUT2D eigenvalue weighted by Gasteiger charge is 2.09. The molecule has 0 saturated heterocycles. The number of ether oxygens (including phenoxy) is 1. The minimum absolute atomic E-state index is 0. The molecule has 0 spiro atoms. The Bertz CT molecular complexity index is 370. The second-order valence-electron chi connectivity index (χ2n) is 4.43. The van der Waals surface area contributed by atoms with Crippen LogP contribution in [0.15, 0.2) is 18.2 Å². The van der Waals surface area contributed by atoms with Crippen LogP contribution >= 0.6 is 24.8 Å². The summed E-state index contributed by atoms with van der Waals surface area (Å²) in [7, 11) is 0. The molecule has 0 fully saturated rings. The minimum atomic E-state index is 0. The van der Waals surface area contributed by atoms with Gasteiger partial charge in [-0.05, 0) is 30.8 Å². The number of hydrogen-bond donors (Lipinski definition) is 1. The Morgan fingerprint density at radius 1 is 1.21 bits per heavy atom. The summed E-state index contributed by atoms with van der Waals surface area (Å²) >= 11 is 0. The molecule has 0 unspecified atom stereocenters. The Hall–Kier alpha value is -0.480. The van der Waals surface area contributed by atoms with E-state index in [2.05, 4.69) is 42.3 Å². The molecular formula is C14H24Cl2N2O. The summed E-state index contributed by atoms with van der Waals surface area (Å²) in [4.78, 5) is 2.42. The molecule has 1 N–H and O–H groups in total. The monoisotopic (exact) mass is 306 g/mol. The van der Waals surface area contributed by atoms with Gasteiger partial charge in [-0.2, -0.15) is 0 Å². The van der Waals surface area contributed by atoms with Crippen molar-refractivity contribution in [1.29, 1.82) is 0 Å². The van der Waals surface area contributed by atoms with Gasteiger partial charge in [0.25, 0.3) is 0 Å². The van der Waals surface area contributed by atoms with Crippen molar-refractivity contribution in [2.24, 2.45) is 0 Å². The van der Waals surface area contributed by atoms with Gasteiger partial charge in [0.05, 0.1) is 0 Å². The lowest BCUT2D eigenvalue weighted by molar-refractivity contribution is 0.295. The molecule has 1 aliphatic heterocycles. The molecule has 0 atom stereocenters. The molecule has 5 heteroatoms. The standard InChI is InChI=1S/C14H22N2O.2ClH/c1-3-16(4-2)11-12-5-6-14-13(9-12)10-15-7-8-17-14;;/h5-6,9,15H,3-4,7-8,10-11H2,1-2H3;2*1H. The second kappa shape index (κ2) is 9.43. The molecule has 0 aromatic heterocycles. The van der Waals surface area contributed by atoms with E-state index in [4.69, 9.17) is 4.74 Å². The number of rotatable bonds is 4. The Morgan fingerprint density at radius 3 is 2.63 bits per heavy atom. The van der Waals surface area contributed by atoms with Crippen LogP contribution in [0.4, 0.5) is 0 Å². The zero-order valence-electron chi connectivity index (χ0n) is 11.6. The quantitative estimate of drug-likeness (QED) is 0.926. The van der Waals surface area contributed by atoms with Gasteiger partial charge in [-0.25, -0.2) is 0 Å². The first-order valence-electron chi connectivity index (χ1n) is 6.51. The molecule has 1 aliphatic rings. The molecular weight excluding hydrogens is 283 g/mol. The van der Waals surface area contributed by atoms with Gasteiger partial charge in [0.15, 0.2) is 0 Å². The normalized spacial score (nSPS) is 13.6. The second-order valence-corrected chi connectivity index (χ2v) is 4.43. The fourth-order valence-electron chi connectivity index (χ4n) is 2.17. The molecule has 110 valence electrons. The van der Waals surface area contributed by atoms with Crippen molar-refractivity contribution in [2.75, 3.05) is 26.2 Å². The minimum Gasteiger partial charge on any atom is -0.492 e. The third-order valence-corrected chi connectivity index (χ3v) is 3.28. The number of halogens is 2. The van der Waals surface area contributed by atoms with E-state index >= 15 is 0 Å². The summed E-state index contributed by atoms with van der Waals surface area (Å²) in [5.74, 6) is 1.04. The molecule has 0 saturated carbocycles. The first-order valence-corrected chi connectivity index (χ1v) is 6.51. The van der Waals surface area contributed by atoms with Gasteiger partial charge in [0, 0.05) is 25.2 Å². The maximum atomic E-state index is 5.68. The fraction of sp³-hybridized carbons (Fsp3) is 0.571. The first-order chi connectivity index (χ1) is 8.33. The largest absolute Gasteiger partial charge is 0.492 e. The third-order valence-electron chi connectivity index (χ3n) is 3.28. The van der Waals surface area contributed by atoms with E-state index < -0.39 is 0 Å². The van der Waals surface area contributed by atoms with Gasteiger partial charge >= 0.3 is 0 Å². The SMILES string of the molecule is CCN(CC)Cc1ccc2c(c1)CNCCO2.Cl.Cl. The van der Waals surface area contributed by atoms with E-state index in [0.717, 1.165) is 45.1 Å². The van der Waals surface area contributed by atoms with Crippen LogP contribution in [-0.4, -0.2) is 31.1 Å². The van der Waals surface area contributed by atoms with E-state index in [1.165, 1.54) is 11.1 Å². The van der Waals surface area contributed by atoms with Gasteiger partial charge in [0.1, 0.15) is 12.4 Å². The Morgan fingerprint density at radius 2 is 1.95 bits per heavy atom. The Balaban J connectivity index is 0.00000162. The van der Waals surface area contributed by atoms with E-state index in [-0.39, 0.29) is 24.8 Å². The lowest BCUT2D eigenvalue weighted by Gasteiger charge is -2.18. The van der Waals surface area contributed by atoms with Gasteiger partial charge in [-0.1, -0.05) is 19.9 Å². The maximum absolute atomic E-state index is 5.68. The van der Waals surface area contributed by atoms with E-state index in [0.29, 0.717) is 0 Å². The summed E-state index contributed by atoms with van der Waals surface area (Å²) in [6, 6.07) is 6.57. The van der Waals surface area contributed by atoms with Gasteiger partial charge < -0.3 is 10.1 Å². The number of hydrogen-bond acceptors (Lipinski definition) is 3. The summed E-state index contributed by atoms with van der Waals surface area (Å²) in [5.41, 5.74) is 2.66. The predicted octanol–water partition coefficient (Wildman–Crippen LogP) is 2.85. The highest BCUT2D eigenvalue weighted by Crippen LogP contribution is 2.22. The molecule has 0 bridgehead atoms. The van der Waals surface area contributed by atoms with Crippen molar-refractivity contribution >= 4 is 24.8 Å². The van der Waals surface area contributed by atoms with Crippen LogP contribution in [0.2, 0.25) is 0 Å². The zero-order valence-corrected chi connectivity index (χ0v) is 13.3. The van der Waals surface area contributed by atoms with Crippen molar-refractivity contribution in [2.45, 2.75) is 26.9 Å². The molecule has 19 heavy (non-hydrogen) atoms. The first kappa shape index (κ1) is 18.5. The molecule has 0 radical (unpaired) electrons. The van der Waals surface area contributed by atoms with Crippen LogP contribution in [-0.2, 0) is 13.1 Å².